The van der Waals surface area contributed by atoms with Crippen molar-refractivity contribution in [3.8, 4) is 0 Å². The zero-order chi connectivity index (χ0) is 12.8. The van der Waals surface area contributed by atoms with Crippen LogP contribution in [0.3, 0.4) is 0 Å². The second-order valence-electron chi connectivity index (χ2n) is 5.32. The van der Waals surface area contributed by atoms with Gasteiger partial charge in [0.1, 0.15) is 0 Å². The van der Waals surface area contributed by atoms with Gasteiger partial charge in [-0.25, -0.2) is 0 Å². The highest BCUT2D eigenvalue weighted by molar-refractivity contribution is 7.99. The number of hydrogen-bond donors (Lipinski definition) is 1. The molecule has 0 bridgehead atoms. The van der Waals surface area contributed by atoms with Gasteiger partial charge < -0.3 is 10.6 Å². The first-order valence-electron chi connectivity index (χ1n) is 6.60. The first-order valence-corrected chi connectivity index (χ1v) is 7.88. The van der Waals surface area contributed by atoms with Crippen molar-refractivity contribution in [2.75, 3.05) is 25.9 Å². The van der Waals surface area contributed by atoms with Crippen molar-refractivity contribution >= 4 is 17.7 Å². The molecular formula is C13H26N2OS. The Balaban J connectivity index is 2.46. The summed E-state index contributed by atoms with van der Waals surface area (Å²) in [5, 5.41) is 0.737. The van der Waals surface area contributed by atoms with Crippen LogP contribution in [-0.4, -0.2) is 41.9 Å². The van der Waals surface area contributed by atoms with Crippen LogP contribution in [0.25, 0.3) is 0 Å². The van der Waals surface area contributed by atoms with Gasteiger partial charge in [0.15, 0.2) is 0 Å². The minimum Gasteiger partial charge on any atom is -0.342 e. The summed E-state index contributed by atoms with van der Waals surface area (Å²) in [6.07, 6.45) is 5.33. The zero-order valence-corrected chi connectivity index (χ0v) is 12.1. The number of nitrogens with zero attached hydrogens (tertiary/aromatic N) is 1. The maximum atomic E-state index is 12.3. The van der Waals surface area contributed by atoms with Gasteiger partial charge in [-0.1, -0.05) is 13.8 Å². The van der Waals surface area contributed by atoms with Crippen LogP contribution in [-0.2, 0) is 4.79 Å². The van der Waals surface area contributed by atoms with Gasteiger partial charge in [-0.05, 0) is 31.4 Å². The second kappa shape index (κ2) is 7.27. The molecule has 1 atom stereocenters. The molecule has 0 saturated carbocycles. The van der Waals surface area contributed by atoms with E-state index in [4.69, 9.17) is 5.73 Å². The van der Waals surface area contributed by atoms with E-state index in [2.05, 4.69) is 20.1 Å². The normalized spacial score (nSPS) is 19.7. The Morgan fingerprint density at radius 2 is 2.00 bits per heavy atom. The van der Waals surface area contributed by atoms with E-state index in [9.17, 15) is 4.79 Å². The van der Waals surface area contributed by atoms with Gasteiger partial charge >= 0.3 is 0 Å². The van der Waals surface area contributed by atoms with Gasteiger partial charge in [-0.15, -0.1) is 0 Å². The fraction of sp³-hybridized carbons (Fsp3) is 0.923. The quantitative estimate of drug-likeness (QED) is 0.820. The molecule has 0 aromatic carbocycles. The SMILES string of the molecule is CSC1CCN(C(=O)C(CN)CC(C)C)CC1. The van der Waals surface area contributed by atoms with Crippen molar-refractivity contribution in [2.24, 2.45) is 17.6 Å². The molecule has 100 valence electrons. The maximum absolute atomic E-state index is 12.3. The number of carbonyl (C=O) groups is 1. The molecule has 1 unspecified atom stereocenters. The number of thioether (sulfide) groups is 1. The molecule has 1 amide bonds. The van der Waals surface area contributed by atoms with Crippen molar-refractivity contribution in [3.63, 3.8) is 0 Å². The zero-order valence-electron chi connectivity index (χ0n) is 11.3. The Labute approximate surface area is 109 Å². The van der Waals surface area contributed by atoms with E-state index in [0.717, 1.165) is 37.6 Å². The van der Waals surface area contributed by atoms with Gasteiger partial charge in [-0.3, -0.25) is 4.79 Å². The smallest absolute Gasteiger partial charge is 0.226 e. The summed E-state index contributed by atoms with van der Waals surface area (Å²) in [4.78, 5) is 14.3. The molecule has 0 aromatic rings. The highest BCUT2D eigenvalue weighted by atomic mass is 32.2. The lowest BCUT2D eigenvalue weighted by molar-refractivity contribution is -0.136. The highest BCUT2D eigenvalue weighted by Crippen LogP contribution is 2.23. The summed E-state index contributed by atoms with van der Waals surface area (Å²) in [6.45, 7) is 6.61. The summed E-state index contributed by atoms with van der Waals surface area (Å²) in [6, 6.07) is 0. The topological polar surface area (TPSA) is 46.3 Å². The number of nitrogens with two attached hydrogens (primary N) is 1. The van der Waals surface area contributed by atoms with Gasteiger partial charge in [0.2, 0.25) is 5.91 Å². The average Bonchev–Trinajstić information content (AvgIpc) is 2.35. The molecule has 0 aliphatic carbocycles. The van der Waals surface area contributed by atoms with Gasteiger partial charge in [0, 0.05) is 24.9 Å². The summed E-state index contributed by atoms with van der Waals surface area (Å²) < 4.78 is 0. The Kier molecular flexibility index (Phi) is 6.34. The van der Waals surface area contributed by atoms with E-state index in [1.54, 1.807) is 0 Å². The molecule has 1 heterocycles. The lowest BCUT2D eigenvalue weighted by atomic mass is 9.95. The predicted octanol–water partition coefficient (Wildman–Crippen LogP) is 1.96. The van der Waals surface area contributed by atoms with Crippen LogP contribution in [0.2, 0.25) is 0 Å². The second-order valence-corrected chi connectivity index (χ2v) is 6.46. The first-order chi connectivity index (χ1) is 8.08. The number of amides is 1. The molecule has 2 N–H and O–H groups in total. The predicted molar refractivity (Wildman–Crippen MR) is 75.1 cm³/mol. The van der Waals surface area contributed by atoms with E-state index >= 15 is 0 Å². The minimum absolute atomic E-state index is 0.0285. The molecule has 0 aromatic heterocycles. The lowest BCUT2D eigenvalue weighted by Crippen LogP contribution is -2.44. The maximum Gasteiger partial charge on any atom is 0.226 e. The number of carbonyl (C=O) groups excluding carboxylic acids is 1. The van der Waals surface area contributed by atoms with E-state index in [1.165, 1.54) is 0 Å². The largest absolute Gasteiger partial charge is 0.342 e. The Morgan fingerprint density at radius 1 is 1.41 bits per heavy atom. The van der Waals surface area contributed by atoms with Crippen LogP contribution in [0.5, 0.6) is 0 Å². The molecule has 4 heteroatoms. The van der Waals surface area contributed by atoms with Crippen molar-refractivity contribution in [2.45, 2.75) is 38.4 Å². The third-order valence-electron chi connectivity index (χ3n) is 3.48. The lowest BCUT2D eigenvalue weighted by Gasteiger charge is -2.33. The minimum atomic E-state index is 0.0285. The summed E-state index contributed by atoms with van der Waals surface area (Å²) in [5.74, 6) is 0.845. The Hall–Kier alpha value is -0.220. The van der Waals surface area contributed by atoms with E-state index in [1.807, 2.05) is 16.7 Å². The molecule has 1 fully saturated rings. The monoisotopic (exact) mass is 258 g/mol. The van der Waals surface area contributed by atoms with E-state index in [-0.39, 0.29) is 11.8 Å². The fourth-order valence-corrected chi connectivity index (χ4v) is 3.12. The molecule has 1 aliphatic rings. The Morgan fingerprint density at radius 3 is 2.41 bits per heavy atom. The van der Waals surface area contributed by atoms with E-state index < -0.39 is 0 Å². The highest BCUT2D eigenvalue weighted by Gasteiger charge is 2.27. The third kappa shape index (κ3) is 4.51. The third-order valence-corrected chi connectivity index (χ3v) is 4.61. The van der Waals surface area contributed by atoms with Crippen LogP contribution in [0.1, 0.15) is 33.1 Å². The van der Waals surface area contributed by atoms with E-state index in [0.29, 0.717) is 12.5 Å². The van der Waals surface area contributed by atoms with Crippen LogP contribution >= 0.6 is 11.8 Å². The molecule has 1 saturated heterocycles. The summed E-state index contributed by atoms with van der Waals surface area (Å²) >= 11 is 1.92. The number of likely N-dealkylation sites (tertiary alicyclic amines) is 1. The molecular weight excluding hydrogens is 232 g/mol. The average molecular weight is 258 g/mol. The first kappa shape index (κ1) is 14.8. The van der Waals surface area contributed by atoms with Crippen LogP contribution in [0.4, 0.5) is 0 Å². The van der Waals surface area contributed by atoms with Crippen LogP contribution in [0.15, 0.2) is 0 Å². The summed E-state index contributed by atoms with van der Waals surface area (Å²) in [7, 11) is 0. The Bertz CT molecular complexity index is 238. The molecule has 3 nitrogen and oxygen atoms in total. The van der Waals surface area contributed by atoms with Crippen molar-refractivity contribution in [1.29, 1.82) is 0 Å². The van der Waals surface area contributed by atoms with Crippen molar-refractivity contribution in [3.05, 3.63) is 0 Å². The fourth-order valence-electron chi connectivity index (χ4n) is 2.44. The molecule has 0 spiro atoms. The van der Waals surface area contributed by atoms with Crippen LogP contribution < -0.4 is 5.73 Å². The van der Waals surface area contributed by atoms with Crippen LogP contribution in [0, 0.1) is 11.8 Å². The number of rotatable bonds is 5. The molecule has 0 radical (unpaired) electrons. The van der Waals surface area contributed by atoms with Crippen molar-refractivity contribution in [1.82, 2.24) is 4.90 Å². The number of piperidine rings is 1. The molecule has 17 heavy (non-hydrogen) atoms. The van der Waals surface area contributed by atoms with Gasteiger partial charge in [0.25, 0.3) is 0 Å². The molecule has 1 aliphatic heterocycles. The number of hydrogen-bond acceptors (Lipinski definition) is 3. The summed E-state index contributed by atoms with van der Waals surface area (Å²) in [5.41, 5.74) is 5.73. The molecule has 1 rings (SSSR count). The van der Waals surface area contributed by atoms with Gasteiger partial charge in [-0.2, -0.15) is 11.8 Å². The standard InChI is InChI=1S/C13H26N2OS/c1-10(2)8-11(9-14)13(16)15-6-4-12(17-3)5-7-15/h10-12H,4-9,14H2,1-3H3. The van der Waals surface area contributed by atoms with Gasteiger partial charge in [0.05, 0.1) is 5.92 Å². The van der Waals surface area contributed by atoms with Crippen molar-refractivity contribution < 1.29 is 4.79 Å².